The number of aliphatic hydroxyl groups is 1. The lowest BCUT2D eigenvalue weighted by molar-refractivity contribution is -0.138. The molecule has 0 spiro atoms. The van der Waals surface area contributed by atoms with Gasteiger partial charge in [-0.15, -0.1) is 0 Å². The van der Waals surface area contributed by atoms with E-state index in [1.807, 2.05) is 0 Å². The Balaban J connectivity index is 2.36. The average molecular weight is 349 g/mol. The van der Waals surface area contributed by atoms with E-state index in [0.29, 0.717) is 6.07 Å². The number of hydrogen-bond acceptors (Lipinski definition) is 4. The fourth-order valence-electron chi connectivity index (χ4n) is 2.00. The number of aliphatic hydroxyl groups excluding tert-OH is 1. The molecule has 126 valence electrons. The van der Waals surface area contributed by atoms with Crippen molar-refractivity contribution in [2.45, 2.75) is 24.0 Å². The Morgan fingerprint density at radius 3 is 2.52 bits per heavy atom. The molecular weight excluding hydrogens is 335 g/mol. The van der Waals surface area contributed by atoms with Crippen LogP contribution in [0.3, 0.4) is 0 Å². The van der Waals surface area contributed by atoms with Crippen molar-refractivity contribution < 1.29 is 31.1 Å². The monoisotopic (exact) mass is 349 g/mol. The van der Waals surface area contributed by atoms with Crippen LogP contribution >= 0.6 is 0 Å². The van der Waals surface area contributed by atoms with Gasteiger partial charge in [-0.25, -0.2) is 8.42 Å². The molecule has 0 aliphatic rings. The van der Waals surface area contributed by atoms with Crippen molar-refractivity contribution in [1.29, 1.82) is 0 Å². The van der Waals surface area contributed by atoms with Crippen molar-refractivity contribution in [3.05, 3.63) is 53.5 Å². The second kappa shape index (κ2) is 6.34. The molecule has 1 aromatic heterocycles. The Hall–Kier alpha value is -1.84. The summed E-state index contributed by atoms with van der Waals surface area (Å²) in [6, 6.07) is 4.57. The minimum absolute atomic E-state index is 0.0822. The lowest BCUT2D eigenvalue weighted by Gasteiger charge is -2.16. The number of alkyl halides is 3. The normalized spacial score (nSPS) is 14.0. The van der Waals surface area contributed by atoms with Gasteiger partial charge in [-0.1, -0.05) is 6.07 Å². The Morgan fingerprint density at radius 2 is 2.00 bits per heavy atom. The van der Waals surface area contributed by atoms with E-state index in [2.05, 4.69) is 4.72 Å². The molecule has 1 heterocycles. The summed E-state index contributed by atoms with van der Waals surface area (Å²) >= 11 is 0. The first kappa shape index (κ1) is 17.5. The fourth-order valence-corrected chi connectivity index (χ4v) is 3.23. The minimum atomic E-state index is -4.66. The van der Waals surface area contributed by atoms with Crippen LogP contribution in [0.25, 0.3) is 0 Å². The molecule has 9 heteroatoms. The molecule has 0 saturated heterocycles. The van der Waals surface area contributed by atoms with Crippen molar-refractivity contribution in [3.8, 4) is 0 Å². The number of nitrogens with one attached hydrogen (secondary N) is 1. The number of aryl methyl sites for hydroxylation is 1. The largest absolute Gasteiger partial charge is 0.468 e. The van der Waals surface area contributed by atoms with Gasteiger partial charge in [0.25, 0.3) is 0 Å². The number of rotatable bonds is 5. The zero-order chi connectivity index (χ0) is 17.3. The summed E-state index contributed by atoms with van der Waals surface area (Å²) in [6.07, 6.45) is -3.37. The summed E-state index contributed by atoms with van der Waals surface area (Å²) in [5, 5.41) is 9.27. The molecule has 2 aromatic rings. The van der Waals surface area contributed by atoms with Crippen molar-refractivity contribution in [2.24, 2.45) is 0 Å². The van der Waals surface area contributed by atoms with Crippen LogP contribution in [-0.4, -0.2) is 20.1 Å². The molecule has 5 nitrogen and oxygen atoms in total. The second-order valence-corrected chi connectivity index (χ2v) is 6.56. The highest BCUT2D eigenvalue weighted by molar-refractivity contribution is 7.89. The maximum absolute atomic E-state index is 12.9. The molecule has 0 aliphatic carbocycles. The lowest BCUT2D eigenvalue weighted by Crippen LogP contribution is -2.30. The highest BCUT2D eigenvalue weighted by Gasteiger charge is 2.34. The van der Waals surface area contributed by atoms with Crippen LogP contribution in [0.2, 0.25) is 0 Å². The van der Waals surface area contributed by atoms with Gasteiger partial charge in [-0.3, -0.25) is 0 Å². The van der Waals surface area contributed by atoms with E-state index < -0.39 is 39.3 Å². The van der Waals surface area contributed by atoms with Crippen LogP contribution in [0.4, 0.5) is 13.2 Å². The zero-order valence-electron chi connectivity index (χ0n) is 12.0. The highest BCUT2D eigenvalue weighted by atomic mass is 32.2. The molecule has 0 saturated carbocycles. The predicted octanol–water partition coefficient (Wildman–Crippen LogP) is 2.62. The molecule has 2 N–H and O–H groups in total. The van der Waals surface area contributed by atoms with E-state index in [1.165, 1.54) is 25.3 Å². The van der Waals surface area contributed by atoms with Crippen molar-refractivity contribution in [2.75, 3.05) is 6.61 Å². The van der Waals surface area contributed by atoms with Crippen LogP contribution in [0.1, 0.15) is 22.9 Å². The maximum atomic E-state index is 12.9. The first-order valence-corrected chi connectivity index (χ1v) is 7.98. The van der Waals surface area contributed by atoms with Gasteiger partial charge in [0.15, 0.2) is 0 Å². The van der Waals surface area contributed by atoms with Crippen molar-refractivity contribution in [1.82, 2.24) is 4.72 Å². The molecule has 2 rings (SSSR count). The molecule has 1 atom stereocenters. The number of halogens is 3. The Labute approximate surface area is 130 Å². The smallest absolute Gasteiger partial charge is 0.416 e. The van der Waals surface area contributed by atoms with Crippen molar-refractivity contribution >= 4 is 10.0 Å². The van der Waals surface area contributed by atoms with Crippen LogP contribution in [-0.2, 0) is 16.2 Å². The minimum Gasteiger partial charge on any atom is -0.468 e. The molecule has 1 aromatic carbocycles. The SMILES string of the molecule is Cc1ccc(S(=O)(=O)NC(CO)c2ccco2)cc1C(F)(F)F. The van der Waals surface area contributed by atoms with E-state index in [-0.39, 0.29) is 11.3 Å². The predicted molar refractivity (Wildman–Crippen MR) is 75.0 cm³/mol. The number of sulfonamides is 1. The Kier molecular flexibility index (Phi) is 4.83. The highest BCUT2D eigenvalue weighted by Crippen LogP contribution is 2.33. The van der Waals surface area contributed by atoms with Gasteiger partial charge in [0.1, 0.15) is 11.8 Å². The fraction of sp³-hybridized carbons (Fsp3) is 0.286. The molecule has 0 amide bonds. The quantitative estimate of drug-likeness (QED) is 0.870. The summed E-state index contributed by atoms with van der Waals surface area (Å²) in [5.41, 5.74) is -1.11. The van der Waals surface area contributed by atoms with Gasteiger partial charge in [0.05, 0.1) is 23.3 Å². The summed E-state index contributed by atoms with van der Waals surface area (Å²) < 4.78 is 70.3. The Bertz CT molecular complexity index is 770. The van der Waals surface area contributed by atoms with E-state index in [0.717, 1.165) is 12.1 Å². The van der Waals surface area contributed by atoms with Gasteiger partial charge < -0.3 is 9.52 Å². The third-order valence-corrected chi connectivity index (χ3v) is 4.66. The summed E-state index contributed by atoms with van der Waals surface area (Å²) in [5.74, 6) is 0.152. The molecule has 1 unspecified atom stereocenters. The average Bonchev–Trinajstić information content (AvgIpc) is 2.97. The van der Waals surface area contributed by atoms with E-state index in [4.69, 9.17) is 4.42 Å². The molecule has 0 aliphatic heterocycles. The Morgan fingerprint density at radius 1 is 1.30 bits per heavy atom. The third kappa shape index (κ3) is 3.92. The van der Waals surface area contributed by atoms with Gasteiger partial charge >= 0.3 is 6.18 Å². The van der Waals surface area contributed by atoms with Crippen LogP contribution in [0.5, 0.6) is 0 Å². The summed E-state index contributed by atoms with van der Waals surface area (Å²) in [7, 11) is -4.27. The molecule has 23 heavy (non-hydrogen) atoms. The standard InChI is InChI=1S/C14H14F3NO4S/c1-9-4-5-10(7-11(9)14(15,16)17)23(20,21)18-12(8-19)13-3-2-6-22-13/h2-7,12,18-19H,8H2,1H3. The first-order valence-electron chi connectivity index (χ1n) is 6.49. The van der Waals surface area contributed by atoms with Crippen LogP contribution in [0, 0.1) is 6.92 Å². The number of benzene rings is 1. The lowest BCUT2D eigenvalue weighted by atomic mass is 10.1. The number of furan rings is 1. The van der Waals surface area contributed by atoms with Gasteiger partial charge in [-0.05, 0) is 36.8 Å². The summed E-state index contributed by atoms with van der Waals surface area (Å²) in [6.45, 7) is 0.636. The van der Waals surface area contributed by atoms with Gasteiger partial charge in [-0.2, -0.15) is 17.9 Å². The molecule has 0 fully saturated rings. The summed E-state index contributed by atoms with van der Waals surface area (Å²) in [4.78, 5) is -0.541. The van der Waals surface area contributed by atoms with Crippen molar-refractivity contribution in [3.63, 3.8) is 0 Å². The first-order chi connectivity index (χ1) is 10.6. The molecular formula is C14H14F3NO4S. The van der Waals surface area contributed by atoms with E-state index in [9.17, 15) is 26.7 Å². The molecule has 0 bridgehead atoms. The second-order valence-electron chi connectivity index (χ2n) is 4.85. The van der Waals surface area contributed by atoms with Gasteiger partial charge in [0.2, 0.25) is 10.0 Å². The van der Waals surface area contributed by atoms with Crippen LogP contribution < -0.4 is 4.72 Å². The van der Waals surface area contributed by atoms with E-state index >= 15 is 0 Å². The van der Waals surface area contributed by atoms with Gasteiger partial charge in [0, 0.05) is 0 Å². The topological polar surface area (TPSA) is 79.5 Å². The zero-order valence-corrected chi connectivity index (χ0v) is 12.8. The maximum Gasteiger partial charge on any atom is 0.416 e. The number of hydrogen-bond donors (Lipinski definition) is 2. The molecule has 0 radical (unpaired) electrons. The van der Waals surface area contributed by atoms with Crippen LogP contribution in [0.15, 0.2) is 45.9 Å². The van der Waals surface area contributed by atoms with E-state index in [1.54, 1.807) is 0 Å². The third-order valence-electron chi connectivity index (χ3n) is 3.19.